The number of nitrogens with zero attached hydrogens (tertiary/aromatic N) is 2. The van der Waals surface area contributed by atoms with Crippen molar-refractivity contribution in [3.8, 4) is 33.8 Å². The van der Waals surface area contributed by atoms with E-state index in [0.717, 1.165) is 33.8 Å². The quantitative estimate of drug-likeness (QED) is 0.175. The van der Waals surface area contributed by atoms with Gasteiger partial charge in [0.15, 0.2) is 0 Å². The van der Waals surface area contributed by atoms with Gasteiger partial charge in [-0.2, -0.15) is 0 Å². The molecule has 37 heavy (non-hydrogen) atoms. The van der Waals surface area contributed by atoms with Gasteiger partial charge >= 0.3 is 40.4 Å². The molecule has 0 aliphatic carbocycles. The second-order valence-electron chi connectivity index (χ2n) is 8.89. The average Bonchev–Trinajstić information content (AvgIpc) is 2.83. The molecule has 3 rings (SSSR count). The molecular weight excluding hydrogens is 659 g/mol. The van der Waals surface area contributed by atoms with E-state index in [1.807, 2.05) is 66.7 Å². The van der Waals surface area contributed by atoms with Crippen LogP contribution in [0.5, 0.6) is 11.5 Å². The molecule has 0 saturated heterocycles. The minimum atomic E-state index is -0.264. The van der Waals surface area contributed by atoms with E-state index in [1.165, 1.54) is 0 Å². The Kier molecular flexibility index (Phi) is 20.0. The Morgan fingerprint density at radius 1 is 0.514 bits per heavy atom. The summed E-state index contributed by atoms with van der Waals surface area (Å²) < 4.78 is 19.9. The van der Waals surface area contributed by atoms with Crippen LogP contribution in [0.3, 0.4) is 0 Å². The Morgan fingerprint density at radius 3 is 1.11 bits per heavy atom. The molecule has 5 radical (unpaired) electrons. The predicted molar refractivity (Wildman–Crippen MR) is 166 cm³/mol. The van der Waals surface area contributed by atoms with Gasteiger partial charge in [0.05, 0.1) is 25.7 Å². The van der Waals surface area contributed by atoms with E-state index in [2.05, 4.69) is 67.7 Å². The van der Waals surface area contributed by atoms with Gasteiger partial charge in [0.1, 0.15) is 0 Å². The summed E-state index contributed by atoms with van der Waals surface area (Å²) in [7, 11) is 2.31. The maximum atomic E-state index is 5.45. The van der Waals surface area contributed by atoms with Gasteiger partial charge in [-0.15, -0.1) is 35.4 Å². The van der Waals surface area contributed by atoms with E-state index >= 15 is 0 Å². The van der Waals surface area contributed by atoms with E-state index in [-0.39, 0.29) is 76.2 Å². The van der Waals surface area contributed by atoms with Crippen LogP contribution in [-0.4, -0.2) is 50.1 Å². The van der Waals surface area contributed by atoms with Crippen molar-refractivity contribution in [1.29, 1.82) is 0 Å². The molecule has 0 aliphatic heterocycles. The van der Waals surface area contributed by atoms with E-state index in [0.29, 0.717) is 0 Å². The van der Waals surface area contributed by atoms with Gasteiger partial charge in [0.2, 0.25) is 0 Å². The summed E-state index contributed by atoms with van der Waals surface area (Å²) in [6.45, 7) is 17.8. The van der Waals surface area contributed by atoms with Crippen molar-refractivity contribution in [2.24, 2.45) is 0 Å². The Balaban J connectivity index is 0.000000720. The number of rotatable bonds is 8. The Bertz CT molecular complexity index is 932. The molecule has 3 aromatic carbocycles. The minimum Gasteiger partial charge on any atom is -0.673 e. The van der Waals surface area contributed by atoms with Crippen LogP contribution in [0.25, 0.3) is 31.5 Å². The Hall–Kier alpha value is -0.615. The Morgan fingerprint density at radius 2 is 0.838 bits per heavy atom. The molecular formula is C28H41N2O2Si4Sm. The number of methoxy groups -OCH3 is 2. The summed E-state index contributed by atoms with van der Waals surface area (Å²) in [4.78, 5) is 0. The van der Waals surface area contributed by atoms with Gasteiger partial charge < -0.3 is 18.8 Å². The number of para-hydroxylation sites is 2. The first-order valence-corrected chi connectivity index (χ1v) is 21.8. The van der Waals surface area contributed by atoms with Gasteiger partial charge in [0, 0.05) is 0 Å². The van der Waals surface area contributed by atoms with Gasteiger partial charge in [-0.25, -0.2) is 0 Å². The first kappa shape index (κ1) is 36.4. The van der Waals surface area contributed by atoms with Crippen molar-refractivity contribution >= 4 is 35.8 Å². The molecule has 0 amide bonds. The molecule has 0 aromatic heterocycles. The summed E-state index contributed by atoms with van der Waals surface area (Å²) in [5, 5.41) is 0. The van der Waals surface area contributed by atoms with Crippen molar-refractivity contribution in [2.75, 3.05) is 14.2 Å². The molecule has 0 atom stereocenters. The first-order chi connectivity index (χ1) is 17.1. The van der Waals surface area contributed by atoms with E-state index in [4.69, 9.17) is 9.47 Å². The summed E-state index contributed by atoms with van der Waals surface area (Å²) in [5.74, 6) is 1.69. The zero-order valence-electron chi connectivity index (χ0n) is 24.0. The summed E-state index contributed by atoms with van der Waals surface area (Å²) in [5.41, 5.74) is 4.06. The average molecular weight is 700 g/mol. The monoisotopic (exact) mass is 701 g/mol. The molecule has 0 unspecified atom stereocenters. The van der Waals surface area contributed by atoms with Crippen molar-refractivity contribution in [2.45, 2.75) is 52.4 Å². The molecule has 0 aliphatic rings. The molecule has 197 valence electrons. The molecule has 3 aromatic rings. The second-order valence-corrected chi connectivity index (χ2v) is 18.3. The third-order valence-electron chi connectivity index (χ3n) is 4.48. The number of ether oxygens (including phenoxy) is 2. The normalized spacial score (nSPS) is 10.3. The third-order valence-corrected chi connectivity index (χ3v) is 11.6. The number of benzene rings is 3. The van der Waals surface area contributed by atoms with Crippen molar-refractivity contribution in [3.05, 3.63) is 82.1 Å². The largest absolute Gasteiger partial charge is 3.00 e. The van der Waals surface area contributed by atoms with Crippen LogP contribution in [0.2, 0.25) is 52.4 Å². The minimum absolute atomic E-state index is 0. The van der Waals surface area contributed by atoms with Crippen LogP contribution in [0.4, 0.5) is 0 Å². The molecule has 0 heterocycles. The van der Waals surface area contributed by atoms with Crippen LogP contribution in [-0.2, 0) is 0 Å². The summed E-state index contributed by atoms with van der Waals surface area (Å²) in [6.07, 6.45) is 0. The van der Waals surface area contributed by atoms with Crippen molar-refractivity contribution < 1.29 is 49.9 Å². The maximum absolute atomic E-state index is 5.45. The Labute approximate surface area is 265 Å². The van der Waals surface area contributed by atoms with E-state index < -0.39 is 0 Å². The molecule has 0 N–H and O–H groups in total. The summed E-state index contributed by atoms with van der Waals surface area (Å²) >= 11 is 0. The predicted octanol–water partition coefficient (Wildman–Crippen LogP) is 8.56. The fourth-order valence-electron chi connectivity index (χ4n) is 3.41. The number of hydrogen-bond donors (Lipinski definition) is 0. The zero-order chi connectivity index (χ0) is 27.1. The fraction of sp³-hybridized carbons (Fsp3) is 0.357. The number of hydrogen-bond acceptors (Lipinski definition) is 2. The van der Waals surface area contributed by atoms with Crippen LogP contribution in [0.1, 0.15) is 0 Å². The van der Waals surface area contributed by atoms with Crippen molar-refractivity contribution in [3.63, 3.8) is 0 Å². The molecule has 0 saturated carbocycles. The smallest absolute Gasteiger partial charge is 0.673 e. The van der Waals surface area contributed by atoms with Gasteiger partial charge in [0.25, 0.3) is 0 Å². The molecule has 4 nitrogen and oxygen atoms in total. The van der Waals surface area contributed by atoms with Crippen LogP contribution >= 0.6 is 0 Å². The standard InChI is InChI=1S/C20H17O2.2C4H12NSi2.Sm/c1-21-19-12-5-3-10-17(19)15-8-7-9-16(14-15)18-11-4-6-13-20(18)22-2;2*1-6(2)5-7(3)4;/h3-13H,1-2H3;2*1-4H3;/q3*-1;+3. The first-order valence-electron chi connectivity index (χ1n) is 12.0. The molecule has 0 bridgehead atoms. The van der Waals surface area contributed by atoms with Crippen LogP contribution < -0.4 is 9.47 Å². The van der Waals surface area contributed by atoms with Crippen LogP contribution in [0.15, 0.2) is 66.7 Å². The van der Waals surface area contributed by atoms with Crippen LogP contribution in [0, 0.1) is 46.5 Å². The topological polar surface area (TPSA) is 46.7 Å². The fourth-order valence-corrected chi connectivity index (χ4v) is 10.6. The summed E-state index contributed by atoms with van der Waals surface area (Å²) in [6, 6.07) is 25.5. The maximum Gasteiger partial charge on any atom is 3.00 e. The SMILES string of the molecule is COc1ccccc1-c1[c-]c(-c2ccccc2OC)ccc1.C[Si](C)[N-][Si](C)C.C[Si](C)[N-][Si](C)C.[Sm+3]. The zero-order valence-corrected chi connectivity index (χ0v) is 30.6. The van der Waals surface area contributed by atoms with Gasteiger partial charge in [-0.05, 0) is 23.3 Å². The van der Waals surface area contributed by atoms with Gasteiger partial charge in [-0.3, -0.25) is 0 Å². The second kappa shape index (κ2) is 20.3. The van der Waals surface area contributed by atoms with E-state index in [1.54, 1.807) is 14.2 Å². The molecule has 9 heteroatoms. The van der Waals surface area contributed by atoms with Crippen molar-refractivity contribution in [1.82, 2.24) is 0 Å². The molecule has 0 spiro atoms. The third kappa shape index (κ3) is 14.9. The van der Waals surface area contributed by atoms with E-state index in [9.17, 15) is 0 Å². The van der Waals surface area contributed by atoms with Gasteiger partial charge in [-0.1, -0.05) is 125 Å². The molecule has 0 fully saturated rings.